The number of rotatable bonds is 4. The van der Waals surface area contributed by atoms with E-state index < -0.39 is 11.7 Å². The van der Waals surface area contributed by atoms with E-state index in [-0.39, 0.29) is 5.78 Å². The molecule has 0 saturated heterocycles. The van der Waals surface area contributed by atoms with Crippen molar-refractivity contribution < 1.29 is 14.3 Å². The average molecular weight is 447 g/mol. The Balaban J connectivity index is 1.71. The highest BCUT2D eigenvalue weighted by molar-refractivity contribution is 9.10. The fourth-order valence-corrected chi connectivity index (χ4v) is 3.95. The van der Waals surface area contributed by atoms with Crippen molar-refractivity contribution in [2.45, 2.75) is 26.4 Å². The van der Waals surface area contributed by atoms with E-state index in [1.807, 2.05) is 50.4 Å². The van der Waals surface area contributed by atoms with E-state index in [9.17, 15) is 9.59 Å². The zero-order valence-corrected chi connectivity index (χ0v) is 17.5. The molecule has 0 fully saturated rings. The van der Waals surface area contributed by atoms with Crippen LogP contribution in [0.1, 0.15) is 36.0 Å². The number of amides is 1. The minimum absolute atomic E-state index is 0.0254. The second kappa shape index (κ2) is 7.70. The number of aromatic amines is 1. The maximum Gasteiger partial charge on any atom is 0.412 e. The molecule has 0 spiro atoms. The normalized spacial score (nSPS) is 11.3. The summed E-state index contributed by atoms with van der Waals surface area (Å²) in [5, 5.41) is 4.57. The SMILES string of the molecule is CC(C)(C)OC(=O)Nc1ccc(-c2cc(C(=O)c3sccc3Br)c[nH]2)cc1. The molecule has 7 heteroatoms. The maximum absolute atomic E-state index is 12.6. The number of carbonyl (C=O) groups is 2. The van der Waals surface area contributed by atoms with Gasteiger partial charge in [-0.15, -0.1) is 11.3 Å². The van der Waals surface area contributed by atoms with Crippen molar-refractivity contribution in [2.24, 2.45) is 0 Å². The quantitative estimate of drug-likeness (QED) is 0.476. The number of aromatic nitrogens is 1. The number of hydrogen-bond donors (Lipinski definition) is 2. The molecule has 0 unspecified atom stereocenters. The van der Waals surface area contributed by atoms with Crippen molar-refractivity contribution in [2.75, 3.05) is 5.32 Å². The molecule has 3 aromatic rings. The summed E-state index contributed by atoms with van der Waals surface area (Å²) in [6.45, 7) is 5.44. The van der Waals surface area contributed by atoms with Gasteiger partial charge in [0, 0.05) is 27.6 Å². The Morgan fingerprint density at radius 2 is 1.85 bits per heavy atom. The van der Waals surface area contributed by atoms with Crippen molar-refractivity contribution in [1.29, 1.82) is 0 Å². The molecule has 3 rings (SSSR count). The van der Waals surface area contributed by atoms with E-state index >= 15 is 0 Å². The second-order valence-corrected chi connectivity index (χ2v) is 8.70. The van der Waals surface area contributed by atoms with Gasteiger partial charge in [0.2, 0.25) is 5.78 Å². The summed E-state index contributed by atoms with van der Waals surface area (Å²) in [6, 6.07) is 11.0. The summed E-state index contributed by atoms with van der Waals surface area (Å²) < 4.78 is 6.04. The number of halogens is 1. The van der Waals surface area contributed by atoms with Crippen LogP contribution in [0, 0.1) is 0 Å². The third-order valence-electron chi connectivity index (χ3n) is 3.61. The van der Waals surface area contributed by atoms with Crippen molar-refractivity contribution >= 4 is 44.8 Å². The molecule has 0 atom stereocenters. The molecule has 2 aromatic heterocycles. The number of hydrogen-bond acceptors (Lipinski definition) is 4. The van der Waals surface area contributed by atoms with Gasteiger partial charge in [-0.25, -0.2) is 4.79 Å². The van der Waals surface area contributed by atoms with Crippen molar-refractivity contribution in [1.82, 2.24) is 4.98 Å². The van der Waals surface area contributed by atoms with Crippen LogP contribution >= 0.6 is 27.3 Å². The number of ether oxygens (including phenoxy) is 1. The molecule has 0 aliphatic heterocycles. The number of thiophene rings is 1. The highest BCUT2D eigenvalue weighted by atomic mass is 79.9. The first kappa shape index (κ1) is 19.4. The minimum Gasteiger partial charge on any atom is -0.444 e. The zero-order valence-electron chi connectivity index (χ0n) is 15.1. The zero-order chi connectivity index (χ0) is 19.6. The van der Waals surface area contributed by atoms with Crippen LogP contribution in [0.5, 0.6) is 0 Å². The molecule has 140 valence electrons. The third-order valence-corrected chi connectivity index (χ3v) is 5.45. The van der Waals surface area contributed by atoms with Crippen LogP contribution in [-0.4, -0.2) is 22.5 Å². The number of benzene rings is 1. The molecule has 5 nitrogen and oxygen atoms in total. The maximum atomic E-state index is 12.6. The van der Waals surface area contributed by atoms with Gasteiger partial charge in [-0.05, 0) is 71.9 Å². The average Bonchev–Trinajstić information content (AvgIpc) is 3.22. The highest BCUT2D eigenvalue weighted by Crippen LogP contribution is 2.28. The van der Waals surface area contributed by atoms with Crippen LogP contribution in [0.3, 0.4) is 0 Å². The first-order valence-corrected chi connectivity index (χ1v) is 9.97. The fourth-order valence-electron chi connectivity index (χ4n) is 2.43. The van der Waals surface area contributed by atoms with Gasteiger partial charge in [0.05, 0.1) is 4.88 Å². The molecule has 27 heavy (non-hydrogen) atoms. The Kier molecular flexibility index (Phi) is 5.53. The van der Waals surface area contributed by atoms with Crippen molar-refractivity contribution in [3.63, 3.8) is 0 Å². The summed E-state index contributed by atoms with van der Waals surface area (Å²) in [5.41, 5.74) is 2.43. The molecule has 2 N–H and O–H groups in total. The molecule has 0 saturated carbocycles. The van der Waals surface area contributed by atoms with Gasteiger partial charge in [0.15, 0.2) is 0 Å². The van der Waals surface area contributed by atoms with Gasteiger partial charge >= 0.3 is 6.09 Å². The summed E-state index contributed by atoms with van der Waals surface area (Å²) in [4.78, 5) is 28.2. The monoisotopic (exact) mass is 446 g/mol. The lowest BCUT2D eigenvalue weighted by atomic mass is 10.1. The molecule has 0 aliphatic rings. The Hall–Kier alpha value is -2.38. The Morgan fingerprint density at radius 3 is 2.44 bits per heavy atom. The minimum atomic E-state index is -0.547. The van der Waals surface area contributed by atoms with E-state index in [1.165, 1.54) is 11.3 Å². The van der Waals surface area contributed by atoms with E-state index in [1.54, 1.807) is 18.3 Å². The molecular formula is C20H19BrN2O3S. The Morgan fingerprint density at radius 1 is 1.15 bits per heavy atom. The van der Waals surface area contributed by atoms with E-state index in [0.717, 1.165) is 15.7 Å². The van der Waals surface area contributed by atoms with E-state index in [4.69, 9.17) is 4.74 Å². The fraction of sp³-hybridized carbons (Fsp3) is 0.200. The third kappa shape index (κ3) is 4.87. The molecule has 0 aliphatic carbocycles. The van der Waals surface area contributed by atoms with Crippen molar-refractivity contribution in [3.05, 3.63) is 62.9 Å². The van der Waals surface area contributed by atoms with Crippen LogP contribution in [0.25, 0.3) is 11.3 Å². The van der Waals surface area contributed by atoms with E-state index in [2.05, 4.69) is 26.2 Å². The highest BCUT2D eigenvalue weighted by Gasteiger charge is 2.17. The molecule has 1 amide bonds. The predicted octanol–water partition coefficient (Wildman–Crippen LogP) is 6.08. The molecule has 0 bridgehead atoms. The first-order valence-electron chi connectivity index (χ1n) is 8.29. The molecule has 2 heterocycles. The van der Waals surface area contributed by atoms with Crippen LogP contribution in [0.2, 0.25) is 0 Å². The predicted molar refractivity (Wildman–Crippen MR) is 112 cm³/mol. The number of H-pyrrole nitrogens is 1. The standard InChI is InChI=1S/C20H19BrN2O3S/c1-20(2,3)26-19(25)23-14-6-4-12(5-7-14)16-10-13(11-22-16)17(24)18-15(21)8-9-27-18/h4-11,22H,1-3H3,(H,23,25). The Labute approximate surface area is 169 Å². The smallest absolute Gasteiger partial charge is 0.412 e. The van der Waals surface area contributed by atoms with Crippen LogP contribution in [-0.2, 0) is 4.74 Å². The van der Waals surface area contributed by atoms with Gasteiger partial charge in [-0.1, -0.05) is 12.1 Å². The molecular weight excluding hydrogens is 428 g/mol. The lowest BCUT2D eigenvalue weighted by Gasteiger charge is -2.19. The largest absolute Gasteiger partial charge is 0.444 e. The van der Waals surface area contributed by atoms with Crippen LogP contribution in [0.15, 0.2) is 52.4 Å². The lowest BCUT2D eigenvalue weighted by molar-refractivity contribution is 0.0635. The summed E-state index contributed by atoms with van der Waals surface area (Å²) >= 11 is 4.80. The number of nitrogens with one attached hydrogen (secondary N) is 2. The number of ketones is 1. The van der Waals surface area contributed by atoms with Gasteiger partial charge < -0.3 is 9.72 Å². The van der Waals surface area contributed by atoms with Crippen LogP contribution in [0.4, 0.5) is 10.5 Å². The number of anilines is 1. The number of carbonyl (C=O) groups excluding carboxylic acids is 2. The van der Waals surface area contributed by atoms with Gasteiger partial charge in [0.25, 0.3) is 0 Å². The van der Waals surface area contributed by atoms with Crippen LogP contribution < -0.4 is 5.32 Å². The molecule has 0 radical (unpaired) electrons. The summed E-state index contributed by atoms with van der Waals surface area (Å²) in [7, 11) is 0. The molecule has 1 aromatic carbocycles. The topological polar surface area (TPSA) is 71.2 Å². The van der Waals surface area contributed by atoms with Crippen molar-refractivity contribution in [3.8, 4) is 11.3 Å². The van der Waals surface area contributed by atoms with Gasteiger partial charge in [0.1, 0.15) is 5.60 Å². The van der Waals surface area contributed by atoms with Gasteiger partial charge in [-0.2, -0.15) is 0 Å². The lowest BCUT2D eigenvalue weighted by Crippen LogP contribution is -2.27. The Bertz CT molecular complexity index is 968. The summed E-state index contributed by atoms with van der Waals surface area (Å²) in [6.07, 6.45) is 1.21. The first-order chi connectivity index (χ1) is 12.7. The van der Waals surface area contributed by atoms with Gasteiger partial charge in [-0.3, -0.25) is 10.1 Å². The summed E-state index contributed by atoms with van der Waals surface area (Å²) in [5.74, 6) is -0.0254. The second-order valence-electron chi connectivity index (χ2n) is 6.93. The van der Waals surface area contributed by atoms with E-state index in [0.29, 0.717) is 16.1 Å².